The maximum absolute atomic E-state index is 3.47. The smallest absolute Gasteiger partial charge is 0.0346 e. The molecule has 0 unspecified atom stereocenters. The van der Waals surface area contributed by atoms with Gasteiger partial charge >= 0.3 is 0 Å². The van der Waals surface area contributed by atoms with Gasteiger partial charge in [-0.1, -0.05) is 18.2 Å². The maximum atomic E-state index is 3.47. The molecule has 1 aromatic carbocycles. The Balaban J connectivity index is 1.72. The first-order valence-corrected chi connectivity index (χ1v) is 9.02. The van der Waals surface area contributed by atoms with Crippen LogP contribution in [0.1, 0.15) is 32.3 Å². The largest absolute Gasteiger partial charge is 0.317 e. The Morgan fingerprint density at radius 3 is 2.76 bits per heavy atom. The van der Waals surface area contributed by atoms with Crippen molar-refractivity contribution in [3.63, 3.8) is 0 Å². The Morgan fingerprint density at radius 2 is 2.00 bits per heavy atom. The third-order valence-corrected chi connectivity index (χ3v) is 5.63. The molecule has 0 spiro atoms. The van der Waals surface area contributed by atoms with Crippen LogP contribution in [-0.4, -0.2) is 30.6 Å². The molecule has 3 rings (SSSR count). The molecule has 1 aromatic heterocycles. The van der Waals surface area contributed by atoms with Crippen LogP contribution in [0.5, 0.6) is 0 Å². The average Bonchev–Trinajstić information content (AvgIpc) is 2.91. The summed E-state index contributed by atoms with van der Waals surface area (Å²) in [6.45, 7) is 9.37. The van der Waals surface area contributed by atoms with E-state index in [1.165, 1.54) is 48.1 Å². The van der Waals surface area contributed by atoms with E-state index in [-0.39, 0.29) is 0 Å². The summed E-state index contributed by atoms with van der Waals surface area (Å²) in [7, 11) is 0. The van der Waals surface area contributed by atoms with Crippen LogP contribution in [0.15, 0.2) is 29.6 Å². The summed E-state index contributed by atoms with van der Waals surface area (Å²) in [6, 6.07) is 9.40. The second-order valence-electron chi connectivity index (χ2n) is 6.47. The van der Waals surface area contributed by atoms with E-state index in [4.69, 9.17) is 0 Å². The van der Waals surface area contributed by atoms with E-state index in [0.29, 0.717) is 6.04 Å². The molecule has 1 fully saturated rings. The summed E-state index contributed by atoms with van der Waals surface area (Å²) in [6.07, 6.45) is 2.65. The highest BCUT2D eigenvalue weighted by molar-refractivity contribution is 7.17. The van der Waals surface area contributed by atoms with Crippen molar-refractivity contribution in [1.29, 1.82) is 0 Å². The van der Waals surface area contributed by atoms with Gasteiger partial charge in [0.1, 0.15) is 0 Å². The van der Waals surface area contributed by atoms with Crippen molar-refractivity contribution in [2.75, 3.05) is 19.6 Å². The van der Waals surface area contributed by atoms with Crippen LogP contribution in [-0.2, 0) is 6.54 Å². The number of nitrogens with zero attached hydrogens (tertiary/aromatic N) is 1. The van der Waals surface area contributed by atoms with Gasteiger partial charge in [-0.2, -0.15) is 0 Å². The minimum absolute atomic E-state index is 0.610. The quantitative estimate of drug-likeness (QED) is 0.894. The van der Waals surface area contributed by atoms with Crippen molar-refractivity contribution < 1.29 is 0 Å². The van der Waals surface area contributed by atoms with Gasteiger partial charge in [-0.05, 0) is 68.1 Å². The number of nitrogens with one attached hydrogen (secondary N) is 1. The normalized spacial score (nSPS) is 17.1. The molecule has 2 aromatic rings. The van der Waals surface area contributed by atoms with Gasteiger partial charge in [0, 0.05) is 23.8 Å². The molecule has 0 saturated carbocycles. The van der Waals surface area contributed by atoms with Gasteiger partial charge in [0.2, 0.25) is 0 Å². The van der Waals surface area contributed by atoms with Crippen LogP contribution in [0.2, 0.25) is 0 Å². The number of fused-ring (bicyclic) bond motifs is 1. The minimum atomic E-state index is 0.610. The van der Waals surface area contributed by atoms with Crippen LogP contribution in [0.3, 0.4) is 0 Å². The summed E-state index contributed by atoms with van der Waals surface area (Å²) in [5.74, 6) is 0.860. The number of benzene rings is 1. The van der Waals surface area contributed by atoms with Gasteiger partial charge in [-0.3, -0.25) is 4.90 Å². The lowest BCUT2D eigenvalue weighted by atomic mass is 9.96. The Labute approximate surface area is 132 Å². The van der Waals surface area contributed by atoms with Crippen molar-refractivity contribution in [3.8, 4) is 0 Å². The zero-order valence-corrected chi connectivity index (χ0v) is 14.0. The highest BCUT2D eigenvalue weighted by atomic mass is 32.1. The van der Waals surface area contributed by atoms with E-state index in [1.807, 2.05) is 11.3 Å². The van der Waals surface area contributed by atoms with E-state index in [2.05, 4.69) is 53.7 Å². The lowest BCUT2D eigenvalue weighted by Gasteiger charge is -2.32. The molecule has 0 bridgehead atoms. The molecule has 0 radical (unpaired) electrons. The molecule has 2 nitrogen and oxygen atoms in total. The first kappa shape index (κ1) is 15.0. The van der Waals surface area contributed by atoms with E-state index in [9.17, 15) is 0 Å². The third kappa shape index (κ3) is 3.65. The van der Waals surface area contributed by atoms with E-state index >= 15 is 0 Å². The Bertz CT molecular complexity index is 569. The molecule has 2 heterocycles. The van der Waals surface area contributed by atoms with Gasteiger partial charge < -0.3 is 5.32 Å². The molecule has 0 atom stereocenters. The Morgan fingerprint density at radius 1 is 1.24 bits per heavy atom. The van der Waals surface area contributed by atoms with Crippen molar-refractivity contribution in [3.05, 3.63) is 35.2 Å². The molecule has 1 aliphatic rings. The summed E-state index contributed by atoms with van der Waals surface area (Å²) < 4.78 is 1.41. The molecular formula is C18H26N2S. The number of piperidine rings is 1. The zero-order valence-electron chi connectivity index (χ0n) is 13.1. The number of hydrogen-bond acceptors (Lipinski definition) is 3. The second-order valence-corrected chi connectivity index (χ2v) is 7.38. The average molecular weight is 302 g/mol. The summed E-state index contributed by atoms with van der Waals surface area (Å²) >= 11 is 1.88. The third-order valence-electron chi connectivity index (χ3n) is 4.62. The van der Waals surface area contributed by atoms with Crippen LogP contribution in [0.25, 0.3) is 10.1 Å². The van der Waals surface area contributed by atoms with Gasteiger partial charge in [0.15, 0.2) is 0 Å². The van der Waals surface area contributed by atoms with Crippen molar-refractivity contribution in [2.24, 2.45) is 5.92 Å². The van der Waals surface area contributed by atoms with E-state index < -0.39 is 0 Å². The molecule has 0 aliphatic carbocycles. The molecule has 1 saturated heterocycles. The molecule has 0 amide bonds. The molecule has 1 N–H and O–H groups in total. The van der Waals surface area contributed by atoms with Gasteiger partial charge in [0.25, 0.3) is 0 Å². The van der Waals surface area contributed by atoms with Crippen LogP contribution in [0, 0.1) is 5.92 Å². The summed E-state index contributed by atoms with van der Waals surface area (Å²) in [4.78, 5) is 2.66. The molecule has 3 heteroatoms. The second kappa shape index (κ2) is 6.91. The number of rotatable bonds is 5. The predicted octanol–water partition coefficient (Wildman–Crippen LogP) is 4.11. The lowest BCUT2D eigenvalue weighted by Crippen LogP contribution is -2.39. The fourth-order valence-corrected chi connectivity index (χ4v) is 4.18. The number of thiophene rings is 1. The fraction of sp³-hybridized carbons (Fsp3) is 0.556. The van der Waals surface area contributed by atoms with E-state index in [1.54, 1.807) is 0 Å². The van der Waals surface area contributed by atoms with Gasteiger partial charge in [-0.25, -0.2) is 0 Å². The van der Waals surface area contributed by atoms with Crippen molar-refractivity contribution >= 4 is 21.4 Å². The minimum Gasteiger partial charge on any atom is -0.317 e. The standard InChI is InChI=1S/C18H26N2S/c1-14(2)20(11-15-7-9-19-10-8-15)12-16-13-21-18-6-4-3-5-17(16)18/h3-6,13-15,19H,7-12H2,1-2H3. The highest BCUT2D eigenvalue weighted by Crippen LogP contribution is 2.27. The molecule has 114 valence electrons. The first-order chi connectivity index (χ1) is 10.2. The predicted molar refractivity (Wildman–Crippen MR) is 93.0 cm³/mol. The monoisotopic (exact) mass is 302 g/mol. The Hall–Kier alpha value is -0.900. The lowest BCUT2D eigenvalue weighted by molar-refractivity contribution is 0.162. The summed E-state index contributed by atoms with van der Waals surface area (Å²) in [5, 5.41) is 7.26. The van der Waals surface area contributed by atoms with E-state index in [0.717, 1.165) is 12.5 Å². The summed E-state index contributed by atoms with van der Waals surface area (Å²) in [5.41, 5.74) is 1.50. The highest BCUT2D eigenvalue weighted by Gasteiger charge is 2.19. The zero-order chi connectivity index (χ0) is 14.7. The fourth-order valence-electron chi connectivity index (χ4n) is 3.23. The Kier molecular flexibility index (Phi) is 4.94. The van der Waals surface area contributed by atoms with Crippen LogP contribution < -0.4 is 5.32 Å². The molecule has 1 aliphatic heterocycles. The maximum Gasteiger partial charge on any atom is 0.0346 e. The van der Waals surface area contributed by atoms with Crippen molar-refractivity contribution in [1.82, 2.24) is 10.2 Å². The van der Waals surface area contributed by atoms with Crippen molar-refractivity contribution in [2.45, 2.75) is 39.3 Å². The molecular weight excluding hydrogens is 276 g/mol. The van der Waals surface area contributed by atoms with Gasteiger partial charge in [-0.15, -0.1) is 11.3 Å². The van der Waals surface area contributed by atoms with Crippen LogP contribution >= 0.6 is 11.3 Å². The topological polar surface area (TPSA) is 15.3 Å². The molecule has 21 heavy (non-hydrogen) atoms. The van der Waals surface area contributed by atoms with Gasteiger partial charge in [0.05, 0.1) is 0 Å². The first-order valence-electron chi connectivity index (χ1n) is 8.14. The SMILES string of the molecule is CC(C)N(Cc1csc2ccccc12)CC1CCNCC1. The van der Waals surface area contributed by atoms with Crippen LogP contribution in [0.4, 0.5) is 0 Å². The number of hydrogen-bond donors (Lipinski definition) is 1.